The number of aliphatic hydroxyl groups excluding tert-OH is 1. The Morgan fingerprint density at radius 3 is 2.68 bits per heavy atom. The number of aliphatic hydroxyl groups is 1. The average Bonchev–Trinajstić information content (AvgIpc) is 2.87. The molecule has 0 aliphatic carbocycles. The zero-order valence-corrected chi connectivity index (χ0v) is 12.1. The summed E-state index contributed by atoms with van der Waals surface area (Å²) in [5.74, 6) is -0.446. The number of rotatable bonds is 2. The summed E-state index contributed by atoms with van der Waals surface area (Å²) in [5.41, 5.74) is 0. The standard InChI is InChI=1S/C12H15ClN2O3S/c1-18-11(17)9-10(13)14-12(19-9)15-6-2-3-7(15)5-8(16)4-6/h6-8,16H,2-5H2,1H3. The number of hydrogen-bond donors (Lipinski definition) is 1. The lowest BCUT2D eigenvalue weighted by molar-refractivity contribution is 0.0606. The number of anilines is 1. The van der Waals surface area contributed by atoms with Gasteiger partial charge in [0.25, 0.3) is 0 Å². The molecular formula is C12H15ClN2O3S. The second-order valence-corrected chi connectivity index (χ2v) is 6.36. The van der Waals surface area contributed by atoms with Crippen LogP contribution < -0.4 is 4.90 Å². The zero-order valence-electron chi connectivity index (χ0n) is 10.5. The number of carbonyl (C=O) groups excluding carboxylic acids is 1. The Morgan fingerprint density at radius 2 is 2.11 bits per heavy atom. The second-order valence-electron chi connectivity index (χ2n) is 5.03. The lowest BCUT2D eigenvalue weighted by Crippen LogP contribution is -2.44. The number of methoxy groups -OCH3 is 1. The third kappa shape index (κ3) is 2.22. The van der Waals surface area contributed by atoms with Gasteiger partial charge in [0.2, 0.25) is 0 Å². The Balaban J connectivity index is 1.89. The highest BCUT2D eigenvalue weighted by Crippen LogP contribution is 2.42. The lowest BCUT2D eigenvalue weighted by Gasteiger charge is -2.36. The van der Waals surface area contributed by atoms with E-state index in [1.54, 1.807) is 0 Å². The van der Waals surface area contributed by atoms with Crippen LogP contribution in [-0.2, 0) is 4.74 Å². The molecule has 0 radical (unpaired) electrons. The number of thiazole rings is 1. The van der Waals surface area contributed by atoms with Crippen molar-refractivity contribution in [3.63, 3.8) is 0 Å². The number of aromatic nitrogens is 1. The zero-order chi connectivity index (χ0) is 13.6. The predicted octanol–water partition coefficient (Wildman–Crippen LogP) is 2.08. The molecule has 2 saturated heterocycles. The first-order chi connectivity index (χ1) is 9.10. The summed E-state index contributed by atoms with van der Waals surface area (Å²) in [5, 5.41) is 10.8. The van der Waals surface area contributed by atoms with Crippen molar-refractivity contribution in [3.05, 3.63) is 10.0 Å². The number of fused-ring (bicyclic) bond motifs is 2. The Hall–Kier alpha value is -0.850. The Kier molecular flexibility index (Phi) is 3.41. The van der Waals surface area contributed by atoms with Gasteiger partial charge in [0.1, 0.15) is 0 Å². The van der Waals surface area contributed by atoms with Gasteiger partial charge in [-0.2, -0.15) is 0 Å². The molecule has 0 spiro atoms. The fourth-order valence-corrected chi connectivity index (χ4v) is 4.42. The van der Waals surface area contributed by atoms with Crippen LogP contribution >= 0.6 is 22.9 Å². The number of ether oxygens (including phenoxy) is 1. The quantitative estimate of drug-likeness (QED) is 0.848. The number of esters is 1. The van der Waals surface area contributed by atoms with Gasteiger partial charge < -0.3 is 14.7 Å². The van der Waals surface area contributed by atoms with Gasteiger partial charge in [-0.3, -0.25) is 0 Å². The predicted molar refractivity (Wildman–Crippen MR) is 73.0 cm³/mol. The maximum absolute atomic E-state index is 11.6. The van der Waals surface area contributed by atoms with Crippen LogP contribution in [0.15, 0.2) is 0 Å². The van der Waals surface area contributed by atoms with E-state index in [0.717, 1.165) is 30.8 Å². The van der Waals surface area contributed by atoms with Gasteiger partial charge in [-0.05, 0) is 25.7 Å². The fraction of sp³-hybridized carbons (Fsp3) is 0.667. The van der Waals surface area contributed by atoms with E-state index in [1.807, 2.05) is 0 Å². The van der Waals surface area contributed by atoms with Crippen LogP contribution in [0.1, 0.15) is 35.4 Å². The summed E-state index contributed by atoms with van der Waals surface area (Å²) >= 11 is 7.28. The molecule has 7 heteroatoms. The van der Waals surface area contributed by atoms with Gasteiger partial charge in [0, 0.05) is 12.1 Å². The molecule has 2 aliphatic heterocycles. The molecule has 1 aromatic heterocycles. The largest absolute Gasteiger partial charge is 0.465 e. The third-order valence-corrected chi connectivity index (χ3v) is 5.31. The summed E-state index contributed by atoms with van der Waals surface area (Å²) in [4.78, 5) is 18.4. The Morgan fingerprint density at radius 1 is 1.47 bits per heavy atom. The van der Waals surface area contributed by atoms with Gasteiger partial charge >= 0.3 is 5.97 Å². The molecule has 2 bridgehead atoms. The van der Waals surface area contributed by atoms with E-state index in [2.05, 4.69) is 9.88 Å². The number of carbonyl (C=O) groups is 1. The van der Waals surface area contributed by atoms with Crippen LogP contribution in [0.3, 0.4) is 0 Å². The molecule has 5 nitrogen and oxygen atoms in total. The third-order valence-electron chi connectivity index (χ3n) is 3.87. The van der Waals surface area contributed by atoms with E-state index in [0.29, 0.717) is 17.0 Å². The molecule has 19 heavy (non-hydrogen) atoms. The van der Waals surface area contributed by atoms with Gasteiger partial charge in [-0.15, -0.1) is 0 Å². The molecule has 0 aromatic carbocycles. The molecular weight excluding hydrogens is 288 g/mol. The van der Waals surface area contributed by atoms with Crippen molar-refractivity contribution >= 4 is 34.0 Å². The lowest BCUT2D eigenvalue weighted by atomic mass is 10.0. The SMILES string of the molecule is COC(=O)c1sc(N2C3CCC2CC(O)C3)nc1Cl. The van der Waals surface area contributed by atoms with E-state index in [1.165, 1.54) is 18.4 Å². The topological polar surface area (TPSA) is 62.7 Å². The van der Waals surface area contributed by atoms with Crippen LogP contribution in [0.4, 0.5) is 5.13 Å². The minimum absolute atomic E-state index is 0.206. The summed E-state index contributed by atoms with van der Waals surface area (Å²) in [7, 11) is 1.33. The highest BCUT2D eigenvalue weighted by molar-refractivity contribution is 7.18. The summed E-state index contributed by atoms with van der Waals surface area (Å²) < 4.78 is 4.69. The van der Waals surface area contributed by atoms with Gasteiger partial charge in [0.05, 0.1) is 13.2 Å². The monoisotopic (exact) mass is 302 g/mol. The molecule has 2 unspecified atom stereocenters. The van der Waals surface area contributed by atoms with Crippen LogP contribution in [-0.4, -0.2) is 41.4 Å². The van der Waals surface area contributed by atoms with Crippen molar-refractivity contribution in [3.8, 4) is 0 Å². The molecule has 0 amide bonds. The van der Waals surface area contributed by atoms with E-state index < -0.39 is 5.97 Å². The molecule has 2 atom stereocenters. The highest BCUT2D eigenvalue weighted by Gasteiger charge is 2.42. The van der Waals surface area contributed by atoms with Crippen molar-refractivity contribution < 1.29 is 14.6 Å². The fourth-order valence-electron chi connectivity index (χ4n) is 3.08. The maximum Gasteiger partial charge on any atom is 0.351 e. The molecule has 2 aliphatic rings. The number of nitrogens with zero attached hydrogens (tertiary/aromatic N) is 2. The first kappa shape index (κ1) is 13.1. The second kappa shape index (κ2) is 4.92. The smallest absolute Gasteiger partial charge is 0.351 e. The molecule has 1 N–H and O–H groups in total. The normalized spacial score (nSPS) is 29.6. The van der Waals surface area contributed by atoms with Gasteiger partial charge in [-0.1, -0.05) is 22.9 Å². The summed E-state index contributed by atoms with van der Waals surface area (Å²) in [6.07, 6.45) is 3.44. The number of halogens is 1. The highest BCUT2D eigenvalue weighted by atomic mass is 35.5. The minimum Gasteiger partial charge on any atom is -0.465 e. The van der Waals surface area contributed by atoms with Crippen molar-refractivity contribution in [1.29, 1.82) is 0 Å². The van der Waals surface area contributed by atoms with Crippen molar-refractivity contribution in [2.45, 2.75) is 43.9 Å². The molecule has 1 aromatic rings. The van der Waals surface area contributed by atoms with E-state index >= 15 is 0 Å². The molecule has 104 valence electrons. The molecule has 3 heterocycles. The van der Waals surface area contributed by atoms with E-state index in [9.17, 15) is 9.90 Å². The summed E-state index contributed by atoms with van der Waals surface area (Å²) in [6, 6.07) is 0.614. The Bertz CT molecular complexity index is 493. The number of hydrogen-bond acceptors (Lipinski definition) is 6. The van der Waals surface area contributed by atoms with Crippen LogP contribution in [0.5, 0.6) is 0 Å². The van der Waals surface area contributed by atoms with Gasteiger partial charge in [-0.25, -0.2) is 9.78 Å². The minimum atomic E-state index is -0.446. The maximum atomic E-state index is 11.6. The number of piperidine rings is 1. The molecule has 2 fully saturated rings. The van der Waals surface area contributed by atoms with E-state index in [-0.39, 0.29) is 11.3 Å². The first-order valence-corrected chi connectivity index (χ1v) is 7.50. The van der Waals surface area contributed by atoms with Gasteiger partial charge in [0.15, 0.2) is 15.2 Å². The van der Waals surface area contributed by atoms with E-state index in [4.69, 9.17) is 16.3 Å². The van der Waals surface area contributed by atoms with Crippen molar-refractivity contribution in [2.75, 3.05) is 12.0 Å². The van der Waals surface area contributed by atoms with Crippen molar-refractivity contribution in [2.24, 2.45) is 0 Å². The van der Waals surface area contributed by atoms with Crippen molar-refractivity contribution in [1.82, 2.24) is 4.98 Å². The van der Waals surface area contributed by atoms with Crippen LogP contribution in [0, 0.1) is 0 Å². The molecule has 3 rings (SSSR count). The average molecular weight is 303 g/mol. The van der Waals surface area contributed by atoms with Crippen LogP contribution in [0.2, 0.25) is 5.15 Å². The van der Waals surface area contributed by atoms with Crippen LogP contribution in [0.25, 0.3) is 0 Å². The summed E-state index contributed by atoms with van der Waals surface area (Å²) in [6.45, 7) is 0. The Labute approximate surface area is 120 Å². The molecule has 0 saturated carbocycles. The first-order valence-electron chi connectivity index (χ1n) is 6.31.